The number of nitrogens with zero attached hydrogens (tertiary/aromatic N) is 5. The summed E-state index contributed by atoms with van der Waals surface area (Å²) < 4.78 is 12.5. The van der Waals surface area contributed by atoms with Gasteiger partial charge in [0.2, 0.25) is 11.6 Å². The summed E-state index contributed by atoms with van der Waals surface area (Å²) in [5.41, 5.74) is 2.85. The van der Waals surface area contributed by atoms with Crippen molar-refractivity contribution in [3.05, 3.63) is 40.8 Å². The number of hydrazone groups is 1. The third-order valence-corrected chi connectivity index (χ3v) is 4.90. The number of ether oxygens (including phenoxy) is 2. The molecule has 3 aromatic rings. The van der Waals surface area contributed by atoms with E-state index in [1.165, 1.54) is 18.5 Å². The smallest absolute Gasteiger partial charge is 0.414 e. The van der Waals surface area contributed by atoms with E-state index in [1.807, 2.05) is 36.0 Å². The van der Waals surface area contributed by atoms with Gasteiger partial charge in [0.05, 0.1) is 27.7 Å². The molecule has 0 aliphatic carbocycles. The molecule has 2 aromatic heterocycles. The van der Waals surface area contributed by atoms with E-state index in [0.29, 0.717) is 11.0 Å². The monoisotopic (exact) mass is 503 g/mol. The minimum absolute atomic E-state index is 0.0614. The number of hydrogen-bond acceptors (Lipinski definition) is 9. The van der Waals surface area contributed by atoms with E-state index >= 15 is 0 Å². The Kier molecular flexibility index (Phi) is 7.88. The second kappa shape index (κ2) is 10.8. The first-order chi connectivity index (χ1) is 16.2. The first kappa shape index (κ1) is 24.8. The Labute approximate surface area is 204 Å². The minimum atomic E-state index is -1.04. The van der Waals surface area contributed by atoms with Crippen molar-refractivity contribution in [2.24, 2.45) is 5.10 Å². The van der Waals surface area contributed by atoms with Gasteiger partial charge in [-0.05, 0) is 39.0 Å². The van der Waals surface area contributed by atoms with Gasteiger partial charge in [0, 0.05) is 12.2 Å². The van der Waals surface area contributed by atoms with E-state index in [0.717, 1.165) is 0 Å². The largest absolute Gasteiger partial charge is 0.450 e. The van der Waals surface area contributed by atoms with Gasteiger partial charge in [0.1, 0.15) is 18.0 Å². The summed E-state index contributed by atoms with van der Waals surface area (Å²) in [6.45, 7) is 5.69. The van der Waals surface area contributed by atoms with Crippen molar-refractivity contribution in [1.82, 2.24) is 19.9 Å². The Balaban J connectivity index is 1.81. The lowest BCUT2D eigenvalue weighted by Crippen LogP contribution is -2.36. The van der Waals surface area contributed by atoms with Crippen LogP contribution in [0, 0.1) is 11.3 Å². The predicted octanol–water partition coefficient (Wildman–Crippen LogP) is 4.68. The molecule has 2 amide bonds. The van der Waals surface area contributed by atoms with Crippen molar-refractivity contribution in [2.45, 2.75) is 26.8 Å². The van der Waals surface area contributed by atoms with Gasteiger partial charge in [-0.2, -0.15) is 10.4 Å². The van der Waals surface area contributed by atoms with E-state index in [2.05, 4.69) is 25.2 Å². The predicted molar refractivity (Wildman–Crippen MR) is 126 cm³/mol. The highest BCUT2D eigenvalue weighted by Gasteiger charge is 2.18. The molecule has 2 heterocycles. The highest BCUT2D eigenvalue weighted by Crippen LogP contribution is 2.40. The van der Waals surface area contributed by atoms with E-state index < -0.39 is 17.7 Å². The summed E-state index contributed by atoms with van der Waals surface area (Å²) in [6.07, 6.45) is 2.27. The number of nitrogens with one attached hydrogen (secondary N) is 2. The molecule has 0 radical (unpaired) electrons. The number of benzene rings is 1. The Hall–Kier alpha value is -3.88. The summed E-state index contributed by atoms with van der Waals surface area (Å²) in [5.74, 6) is -0.614. The zero-order chi connectivity index (χ0) is 24.8. The summed E-state index contributed by atoms with van der Waals surface area (Å²) in [4.78, 5) is 31.8. The first-order valence-corrected chi connectivity index (χ1v) is 10.7. The van der Waals surface area contributed by atoms with Crippen LogP contribution >= 0.6 is 23.2 Å². The summed E-state index contributed by atoms with van der Waals surface area (Å²) in [7, 11) is 0. The number of amides is 2. The van der Waals surface area contributed by atoms with Crippen LogP contribution in [0.4, 0.5) is 10.5 Å². The van der Waals surface area contributed by atoms with Crippen LogP contribution in [0.2, 0.25) is 10.0 Å². The topological polar surface area (TPSA) is 144 Å². The molecule has 3 rings (SSSR count). The molecule has 0 aliphatic rings. The Morgan fingerprint density at radius 3 is 2.59 bits per heavy atom. The Morgan fingerprint density at radius 2 is 1.97 bits per heavy atom. The van der Waals surface area contributed by atoms with Crippen molar-refractivity contribution in [3.8, 4) is 17.7 Å². The Morgan fingerprint density at radius 1 is 1.26 bits per heavy atom. The number of carbonyl (C=O) groups excluding carboxylic acids is 2. The van der Waals surface area contributed by atoms with E-state index in [-0.39, 0.29) is 40.0 Å². The molecule has 176 valence electrons. The molecule has 0 aliphatic heterocycles. The molecule has 34 heavy (non-hydrogen) atoms. The number of anilines is 1. The number of halogens is 2. The van der Waals surface area contributed by atoms with Gasteiger partial charge in [-0.1, -0.05) is 23.2 Å². The average Bonchev–Trinajstić information content (AvgIpc) is 3.22. The number of carbonyl (C=O) groups is 2. The minimum Gasteiger partial charge on any atom is -0.450 e. The lowest BCUT2D eigenvalue weighted by molar-refractivity contribution is -0.114. The quantitative estimate of drug-likeness (QED) is 0.349. The van der Waals surface area contributed by atoms with Crippen LogP contribution in [0.1, 0.15) is 26.8 Å². The number of imide groups is 1. The van der Waals surface area contributed by atoms with Gasteiger partial charge < -0.3 is 14.0 Å². The van der Waals surface area contributed by atoms with E-state index in [4.69, 9.17) is 33.2 Å². The van der Waals surface area contributed by atoms with Crippen LogP contribution in [0.5, 0.6) is 11.6 Å². The lowest BCUT2D eigenvalue weighted by Gasteiger charge is -2.12. The van der Waals surface area contributed by atoms with Crippen LogP contribution < -0.4 is 15.5 Å². The maximum Gasteiger partial charge on any atom is 0.414 e. The van der Waals surface area contributed by atoms with E-state index in [9.17, 15) is 9.59 Å². The fraction of sp³-hybridized carbons (Fsp3) is 0.238. The number of nitriles is 1. The highest BCUT2D eigenvalue weighted by molar-refractivity contribution is 6.47. The van der Waals surface area contributed by atoms with Crippen LogP contribution in [-0.4, -0.2) is 38.9 Å². The molecule has 11 nitrogen and oxygen atoms in total. The molecule has 1 aromatic carbocycles. The molecule has 2 N–H and O–H groups in total. The normalized spacial score (nSPS) is 11.3. The number of aromatic nitrogens is 3. The molecule has 0 atom stereocenters. The number of rotatable bonds is 7. The first-order valence-electron chi connectivity index (χ1n) is 9.95. The van der Waals surface area contributed by atoms with Gasteiger partial charge in [0.15, 0.2) is 5.75 Å². The van der Waals surface area contributed by atoms with Gasteiger partial charge in [0.25, 0.3) is 5.91 Å². The van der Waals surface area contributed by atoms with Crippen molar-refractivity contribution < 1.29 is 19.1 Å². The Bertz CT molecular complexity index is 1290. The zero-order valence-electron chi connectivity index (χ0n) is 18.3. The second-order valence-electron chi connectivity index (χ2n) is 6.96. The maximum atomic E-state index is 11.9. The molecular formula is C21H19Cl2N7O4. The molecule has 0 unspecified atom stereocenters. The maximum absolute atomic E-state index is 11.9. The van der Waals surface area contributed by atoms with Crippen molar-refractivity contribution in [2.75, 3.05) is 12.0 Å². The van der Waals surface area contributed by atoms with Gasteiger partial charge in [-0.3, -0.25) is 15.5 Å². The summed E-state index contributed by atoms with van der Waals surface area (Å²) >= 11 is 12.7. The molecule has 0 fully saturated rings. The average molecular weight is 504 g/mol. The summed E-state index contributed by atoms with van der Waals surface area (Å²) in [5, 5.41) is 15.6. The molecule has 0 spiro atoms. The van der Waals surface area contributed by atoms with Gasteiger partial charge in [-0.25, -0.2) is 14.8 Å². The van der Waals surface area contributed by atoms with Crippen molar-refractivity contribution >= 4 is 57.6 Å². The standard InChI is InChI=1S/C21H19Cl2N7O4/c1-4-33-21(32)27-19(31)16(9-24)29-28-12-7-14(22)17(15(23)8-12)34-20-13-5-6-30(11(2)3)18(13)25-10-26-20/h5-8,10-11,28H,4H2,1-3H3,(H,27,31,32). The number of fused-ring (bicyclic) bond motifs is 1. The van der Waals surface area contributed by atoms with Gasteiger partial charge in [-0.15, -0.1) is 0 Å². The second-order valence-corrected chi connectivity index (χ2v) is 7.78. The van der Waals surface area contributed by atoms with Crippen LogP contribution in [0.15, 0.2) is 35.8 Å². The van der Waals surface area contributed by atoms with Crippen LogP contribution in [0.3, 0.4) is 0 Å². The fourth-order valence-electron chi connectivity index (χ4n) is 2.83. The van der Waals surface area contributed by atoms with Crippen molar-refractivity contribution in [1.29, 1.82) is 5.26 Å². The van der Waals surface area contributed by atoms with Gasteiger partial charge >= 0.3 is 6.09 Å². The molecule has 13 heteroatoms. The SMILES string of the molecule is CCOC(=O)NC(=O)C(C#N)=NNc1cc(Cl)c(Oc2ncnc3c2ccn3C(C)C)c(Cl)c1. The molecule has 0 saturated heterocycles. The highest BCUT2D eigenvalue weighted by atomic mass is 35.5. The van der Waals surface area contributed by atoms with Crippen LogP contribution in [-0.2, 0) is 9.53 Å². The van der Waals surface area contributed by atoms with E-state index in [1.54, 1.807) is 13.0 Å². The zero-order valence-corrected chi connectivity index (χ0v) is 19.8. The number of hydrogen-bond donors (Lipinski definition) is 2. The number of alkyl carbamates (subject to hydrolysis) is 1. The van der Waals surface area contributed by atoms with Crippen molar-refractivity contribution in [3.63, 3.8) is 0 Å². The fourth-order valence-corrected chi connectivity index (χ4v) is 3.39. The molecular weight excluding hydrogens is 485 g/mol. The van der Waals surface area contributed by atoms with Crippen LogP contribution in [0.25, 0.3) is 11.0 Å². The molecule has 0 saturated carbocycles. The summed E-state index contributed by atoms with van der Waals surface area (Å²) in [6, 6.07) is 6.47. The third kappa shape index (κ3) is 5.54. The third-order valence-electron chi connectivity index (χ3n) is 4.33. The molecule has 0 bridgehead atoms. The lowest BCUT2D eigenvalue weighted by atomic mass is 10.3.